The maximum atomic E-state index is 11.2. The van der Waals surface area contributed by atoms with E-state index < -0.39 is 22.0 Å². The van der Waals surface area contributed by atoms with Gasteiger partial charge in [0.2, 0.25) is 0 Å². The number of halogens is 1. The van der Waals surface area contributed by atoms with Crippen LogP contribution < -0.4 is 5.73 Å². The summed E-state index contributed by atoms with van der Waals surface area (Å²) in [6, 6.07) is 4.99. The number of sulfone groups is 1. The van der Waals surface area contributed by atoms with E-state index in [-0.39, 0.29) is 23.9 Å². The molecule has 1 rings (SSSR count). The van der Waals surface area contributed by atoms with Gasteiger partial charge in [0.1, 0.15) is 0 Å². The minimum absolute atomic E-state index is 0. The van der Waals surface area contributed by atoms with E-state index in [9.17, 15) is 13.5 Å². The van der Waals surface area contributed by atoms with Gasteiger partial charge in [-0.05, 0) is 17.7 Å². The molecule has 1 unspecified atom stereocenters. The number of hydrogen-bond donors (Lipinski definition) is 3. The molecule has 0 spiro atoms. The fourth-order valence-electron chi connectivity index (χ4n) is 1.26. The summed E-state index contributed by atoms with van der Waals surface area (Å²) in [6.45, 7) is -0.338. The van der Waals surface area contributed by atoms with Crippen LogP contribution in [0.3, 0.4) is 0 Å². The van der Waals surface area contributed by atoms with Gasteiger partial charge in [-0.15, -0.1) is 12.4 Å². The van der Waals surface area contributed by atoms with Crippen LogP contribution in [0.15, 0.2) is 29.2 Å². The van der Waals surface area contributed by atoms with Gasteiger partial charge in [-0.2, -0.15) is 0 Å². The Morgan fingerprint density at radius 1 is 1.29 bits per heavy atom. The highest BCUT2D eigenvalue weighted by Gasteiger charge is 2.16. The minimum atomic E-state index is -3.23. The largest absolute Gasteiger partial charge is 0.395 e. The minimum Gasteiger partial charge on any atom is -0.395 e. The highest BCUT2D eigenvalue weighted by Crippen LogP contribution is 2.18. The lowest BCUT2D eigenvalue weighted by molar-refractivity contribution is 0.109. The van der Waals surface area contributed by atoms with E-state index in [1.54, 1.807) is 0 Å². The maximum absolute atomic E-state index is 11.2. The second-order valence-electron chi connectivity index (χ2n) is 3.63. The van der Waals surface area contributed by atoms with Gasteiger partial charge < -0.3 is 15.9 Å². The number of aliphatic hydroxyl groups excluding tert-OH is 2. The molecule has 4 N–H and O–H groups in total. The third kappa shape index (κ3) is 4.25. The van der Waals surface area contributed by atoms with E-state index in [1.807, 2.05) is 0 Å². The zero-order chi connectivity index (χ0) is 12.3. The highest BCUT2D eigenvalue weighted by molar-refractivity contribution is 7.90. The quantitative estimate of drug-likeness (QED) is 0.713. The third-order valence-corrected chi connectivity index (χ3v) is 3.39. The first-order valence-electron chi connectivity index (χ1n) is 4.71. The van der Waals surface area contributed by atoms with E-state index in [0.29, 0.717) is 5.56 Å². The van der Waals surface area contributed by atoms with Crippen LogP contribution in [0.25, 0.3) is 0 Å². The summed E-state index contributed by atoms with van der Waals surface area (Å²) in [5.74, 6) is 0. The van der Waals surface area contributed by atoms with Gasteiger partial charge in [0, 0.05) is 6.26 Å². The summed E-state index contributed by atoms with van der Waals surface area (Å²) in [6.07, 6.45) is 0.108. The van der Waals surface area contributed by atoms with Crippen molar-refractivity contribution < 1.29 is 18.6 Å². The molecule has 7 heteroatoms. The van der Waals surface area contributed by atoms with Gasteiger partial charge in [-0.3, -0.25) is 0 Å². The summed E-state index contributed by atoms with van der Waals surface area (Å²) in [5.41, 5.74) is 5.93. The monoisotopic (exact) mass is 281 g/mol. The maximum Gasteiger partial charge on any atom is 0.175 e. The average Bonchev–Trinajstić information content (AvgIpc) is 2.26. The Morgan fingerprint density at radius 2 is 1.76 bits per heavy atom. The van der Waals surface area contributed by atoms with Gasteiger partial charge in [-0.25, -0.2) is 8.42 Å². The van der Waals surface area contributed by atoms with Crippen LogP contribution in [0.5, 0.6) is 0 Å². The molecule has 0 bridgehead atoms. The van der Waals surface area contributed by atoms with Crippen molar-refractivity contribution in [3.8, 4) is 0 Å². The number of benzene rings is 1. The molecule has 0 amide bonds. The van der Waals surface area contributed by atoms with Crippen molar-refractivity contribution in [3.05, 3.63) is 29.8 Å². The van der Waals surface area contributed by atoms with Crippen LogP contribution >= 0.6 is 12.4 Å². The topological polar surface area (TPSA) is 101 Å². The van der Waals surface area contributed by atoms with Crippen molar-refractivity contribution in [2.75, 3.05) is 12.9 Å². The molecule has 0 aromatic heterocycles. The van der Waals surface area contributed by atoms with Gasteiger partial charge >= 0.3 is 0 Å². The zero-order valence-electron chi connectivity index (χ0n) is 9.28. The van der Waals surface area contributed by atoms with Crippen LogP contribution in [0.2, 0.25) is 0 Å². The summed E-state index contributed by atoms with van der Waals surface area (Å²) in [7, 11) is -3.23. The smallest absolute Gasteiger partial charge is 0.175 e. The number of aliphatic hydroxyl groups is 2. The first-order valence-corrected chi connectivity index (χ1v) is 6.60. The number of nitrogens with two attached hydrogens (primary N) is 1. The van der Waals surface area contributed by atoms with Gasteiger partial charge in [-0.1, -0.05) is 12.1 Å². The predicted molar refractivity (Wildman–Crippen MR) is 66.8 cm³/mol. The molecule has 0 radical (unpaired) electrons. The Hall–Kier alpha value is -0.660. The van der Waals surface area contributed by atoms with Crippen molar-refractivity contribution in [1.29, 1.82) is 0 Å². The van der Waals surface area contributed by atoms with Crippen LogP contribution in [-0.4, -0.2) is 37.5 Å². The molecule has 0 saturated carbocycles. The molecular weight excluding hydrogens is 266 g/mol. The second-order valence-corrected chi connectivity index (χ2v) is 5.65. The van der Waals surface area contributed by atoms with E-state index in [4.69, 9.17) is 10.8 Å². The number of rotatable bonds is 4. The fourth-order valence-corrected chi connectivity index (χ4v) is 1.89. The lowest BCUT2D eigenvalue weighted by atomic mass is 10.0. The average molecular weight is 282 g/mol. The standard InChI is InChI=1S/C10H15NO4S.ClH/c1-16(14,15)8-4-2-7(3-5-8)10(13)9(11)6-12;/h2-5,9-10,12-13H,6,11H2,1H3;1H/t9?,10-;/m1./s1. The molecule has 0 aliphatic heterocycles. The van der Waals surface area contributed by atoms with Crippen molar-refractivity contribution in [2.45, 2.75) is 17.0 Å². The highest BCUT2D eigenvalue weighted by atomic mass is 35.5. The van der Waals surface area contributed by atoms with Crippen molar-refractivity contribution in [1.82, 2.24) is 0 Å². The molecule has 1 aromatic rings. The van der Waals surface area contributed by atoms with Gasteiger partial charge in [0.15, 0.2) is 9.84 Å². The van der Waals surface area contributed by atoms with E-state index in [1.165, 1.54) is 24.3 Å². The Morgan fingerprint density at radius 3 is 2.12 bits per heavy atom. The predicted octanol–water partition coefficient (Wildman–Crippen LogP) is -0.135. The van der Waals surface area contributed by atoms with E-state index >= 15 is 0 Å². The Kier molecular flexibility index (Phi) is 6.08. The van der Waals surface area contributed by atoms with Gasteiger partial charge in [0.05, 0.1) is 23.6 Å². The Bertz CT molecular complexity index is 446. The van der Waals surface area contributed by atoms with Crippen LogP contribution in [-0.2, 0) is 9.84 Å². The summed E-state index contributed by atoms with van der Waals surface area (Å²) < 4.78 is 22.4. The Balaban J connectivity index is 0.00000256. The van der Waals surface area contributed by atoms with Crippen LogP contribution in [0, 0.1) is 0 Å². The van der Waals surface area contributed by atoms with E-state index in [2.05, 4.69) is 0 Å². The summed E-state index contributed by atoms with van der Waals surface area (Å²) in [4.78, 5) is 0.181. The summed E-state index contributed by atoms with van der Waals surface area (Å²) >= 11 is 0. The Labute approximate surface area is 107 Å². The molecule has 0 heterocycles. The molecule has 17 heavy (non-hydrogen) atoms. The normalized spacial score (nSPS) is 14.8. The van der Waals surface area contributed by atoms with E-state index in [0.717, 1.165) is 6.26 Å². The van der Waals surface area contributed by atoms with Crippen LogP contribution in [0.1, 0.15) is 11.7 Å². The van der Waals surface area contributed by atoms with Crippen molar-refractivity contribution in [2.24, 2.45) is 5.73 Å². The zero-order valence-corrected chi connectivity index (χ0v) is 10.9. The molecule has 98 valence electrons. The molecule has 1 aromatic carbocycles. The fraction of sp³-hybridized carbons (Fsp3) is 0.400. The third-order valence-electron chi connectivity index (χ3n) is 2.27. The lowest BCUT2D eigenvalue weighted by Gasteiger charge is -2.16. The number of hydrogen-bond acceptors (Lipinski definition) is 5. The lowest BCUT2D eigenvalue weighted by Crippen LogP contribution is -2.31. The molecule has 2 atom stereocenters. The van der Waals surface area contributed by atoms with Crippen molar-refractivity contribution >= 4 is 22.2 Å². The summed E-state index contributed by atoms with van der Waals surface area (Å²) in [5, 5.41) is 18.4. The molecular formula is C10H16ClNO4S. The second kappa shape index (κ2) is 6.32. The first kappa shape index (κ1) is 16.3. The van der Waals surface area contributed by atoms with Crippen molar-refractivity contribution in [3.63, 3.8) is 0 Å². The molecule has 5 nitrogen and oxygen atoms in total. The SMILES string of the molecule is CS(=O)(=O)c1ccc([C@@H](O)C(N)CO)cc1.Cl. The molecule has 0 saturated heterocycles. The molecule has 0 aliphatic rings. The molecule has 0 fully saturated rings. The van der Waals surface area contributed by atoms with Gasteiger partial charge in [0.25, 0.3) is 0 Å². The van der Waals surface area contributed by atoms with Crippen LogP contribution in [0.4, 0.5) is 0 Å². The molecule has 0 aliphatic carbocycles. The first-order chi connectivity index (χ1) is 7.36.